The van der Waals surface area contributed by atoms with Gasteiger partial charge in [-0.1, -0.05) is 30.3 Å². The molecule has 0 saturated carbocycles. The third kappa shape index (κ3) is 5.96. The van der Waals surface area contributed by atoms with Crippen LogP contribution in [0.25, 0.3) is 0 Å². The summed E-state index contributed by atoms with van der Waals surface area (Å²) in [5, 5.41) is 2.87. The molecule has 138 valence electrons. The highest BCUT2D eigenvalue weighted by Crippen LogP contribution is 2.20. The standard InChI is InChI=1S/C19H28N2O4/c1-14-16(20-17(22)25-19(2,3)4)11-8-12-21(14)18(23)24-13-15-9-6-5-7-10-15/h5-7,9-10,14,16H,8,11-13H2,1-4H3,(H,20,22)/t14-,16+/m1/s1. The van der Waals surface area contributed by atoms with E-state index in [0.717, 1.165) is 18.4 Å². The number of rotatable bonds is 3. The van der Waals surface area contributed by atoms with E-state index in [1.54, 1.807) is 4.90 Å². The van der Waals surface area contributed by atoms with E-state index < -0.39 is 11.7 Å². The largest absolute Gasteiger partial charge is 0.445 e. The number of carbonyl (C=O) groups excluding carboxylic acids is 2. The normalized spacial score (nSPS) is 20.7. The lowest BCUT2D eigenvalue weighted by Gasteiger charge is -2.39. The first-order valence-electron chi connectivity index (χ1n) is 8.73. The summed E-state index contributed by atoms with van der Waals surface area (Å²) in [6.45, 7) is 8.26. The van der Waals surface area contributed by atoms with Crippen LogP contribution in [0.2, 0.25) is 0 Å². The number of ether oxygens (including phenoxy) is 2. The van der Waals surface area contributed by atoms with Crippen molar-refractivity contribution in [3.8, 4) is 0 Å². The van der Waals surface area contributed by atoms with E-state index in [-0.39, 0.29) is 24.8 Å². The fourth-order valence-corrected chi connectivity index (χ4v) is 2.86. The van der Waals surface area contributed by atoms with Crippen LogP contribution in [0.15, 0.2) is 30.3 Å². The molecule has 25 heavy (non-hydrogen) atoms. The van der Waals surface area contributed by atoms with E-state index in [4.69, 9.17) is 9.47 Å². The van der Waals surface area contributed by atoms with Gasteiger partial charge in [0.05, 0.1) is 12.1 Å². The lowest BCUT2D eigenvalue weighted by molar-refractivity contribution is 0.0371. The van der Waals surface area contributed by atoms with Gasteiger partial charge in [0.2, 0.25) is 0 Å². The first-order chi connectivity index (χ1) is 11.8. The number of carbonyl (C=O) groups is 2. The molecule has 0 aromatic heterocycles. The van der Waals surface area contributed by atoms with Gasteiger partial charge < -0.3 is 19.7 Å². The second-order valence-corrected chi connectivity index (χ2v) is 7.37. The van der Waals surface area contributed by atoms with E-state index in [1.807, 2.05) is 58.0 Å². The summed E-state index contributed by atoms with van der Waals surface area (Å²) < 4.78 is 10.7. The van der Waals surface area contributed by atoms with Crippen molar-refractivity contribution in [1.82, 2.24) is 10.2 Å². The fraction of sp³-hybridized carbons (Fsp3) is 0.579. The van der Waals surface area contributed by atoms with Crippen molar-refractivity contribution in [1.29, 1.82) is 0 Å². The molecule has 0 unspecified atom stereocenters. The predicted octanol–water partition coefficient (Wildman–Crippen LogP) is 3.70. The second kappa shape index (κ2) is 8.23. The van der Waals surface area contributed by atoms with Crippen molar-refractivity contribution in [2.45, 2.75) is 64.8 Å². The van der Waals surface area contributed by atoms with Gasteiger partial charge in [-0.05, 0) is 46.1 Å². The van der Waals surface area contributed by atoms with Crippen LogP contribution in [0.4, 0.5) is 9.59 Å². The summed E-state index contributed by atoms with van der Waals surface area (Å²) >= 11 is 0. The van der Waals surface area contributed by atoms with Crippen molar-refractivity contribution in [2.75, 3.05) is 6.54 Å². The van der Waals surface area contributed by atoms with Crippen molar-refractivity contribution >= 4 is 12.2 Å². The maximum absolute atomic E-state index is 12.4. The molecule has 0 aliphatic carbocycles. The van der Waals surface area contributed by atoms with Gasteiger partial charge in [-0.3, -0.25) is 0 Å². The van der Waals surface area contributed by atoms with Crippen LogP contribution in [-0.2, 0) is 16.1 Å². The lowest BCUT2D eigenvalue weighted by Crippen LogP contribution is -2.56. The molecule has 1 fully saturated rings. The van der Waals surface area contributed by atoms with E-state index in [0.29, 0.717) is 6.54 Å². The number of amides is 2. The Hall–Kier alpha value is -2.24. The number of benzene rings is 1. The van der Waals surface area contributed by atoms with Crippen LogP contribution in [0.5, 0.6) is 0 Å². The van der Waals surface area contributed by atoms with Crippen LogP contribution >= 0.6 is 0 Å². The lowest BCUT2D eigenvalue weighted by atomic mass is 9.98. The molecule has 1 saturated heterocycles. The van der Waals surface area contributed by atoms with E-state index >= 15 is 0 Å². The third-order valence-corrected chi connectivity index (χ3v) is 4.13. The van der Waals surface area contributed by atoms with Crippen LogP contribution in [0, 0.1) is 0 Å². The third-order valence-electron chi connectivity index (χ3n) is 4.13. The van der Waals surface area contributed by atoms with Crippen LogP contribution in [-0.4, -0.2) is 41.3 Å². The molecule has 1 N–H and O–H groups in total. The summed E-state index contributed by atoms with van der Waals surface area (Å²) in [6.07, 6.45) is 0.810. The molecule has 6 heteroatoms. The Bertz CT molecular complexity index is 583. The number of alkyl carbamates (subject to hydrolysis) is 1. The maximum atomic E-state index is 12.4. The van der Waals surface area contributed by atoms with Gasteiger partial charge in [0.25, 0.3) is 0 Å². The average molecular weight is 348 g/mol. The zero-order valence-corrected chi connectivity index (χ0v) is 15.5. The smallest absolute Gasteiger partial charge is 0.410 e. The predicted molar refractivity (Wildman–Crippen MR) is 95.2 cm³/mol. The molecule has 2 amide bonds. The summed E-state index contributed by atoms with van der Waals surface area (Å²) in [5.74, 6) is 0. The highest BCUT2D eigenvalue weighted by Gasteiger charge is 2.33. The van der Waals surface area contributed by atoms with Crippen molar-refractivity contribution in [2.24, 2.45) is 0 Å². The minimum atomic E-state index is -0.545. The molecule has 0 spiro atoms. The molecule has 1 aliphatic heterocycles. The minimum Gasteiger partial charge on any atom is -0.445 e. The number of likely N-dealkylation sites (tertiary alicyclic amines) is 1. The van der Waals surface area contributed by atoms with Gasteiger partial charge in [-0.2, -0.15) is 0 Å². The quantitative estimate of drug-likeness (QED) is 0.904. The second-order valence-electron chi connectivity index (χ2n) is 7.37. The topological polar surface area (TPSA) is 67.9 Å². The van der Waals surface area contributed by atoms with Gasteiger partial charge in [0.1, 0.15) is 12.2 Å². The molecular weight excluding hydrogens is 320 g/mol. The number of nitrogens with zero attached hydrogens (tertiary/aromatic N) is 1. The summed E-state index contributed by atoms with van der Waals surface area (Å²) in [4.78, 5) is 26.1. The van der Waals surface area contributed by atoms with E-state index in [9.17, 15) is 9.59 Å². The Morgan fingerprint density at radius 2 is 1.92 bits per heavy atom. The molecule has 2 rings (SSSR count). The Labute approximate surface area is 149 Å². The summed E-state index contributed by atoms with van der Waals surface area (Å²) in [5.41, 5.74) is 0.403. The van der Waals surface area contributed by atoms with Gasteiger partial charge in [-0.15, -0.1) is 0 Å². The molecule has 2 atom stereocenters. The number of nitrogens with one attached hydrogen (secondary N) is 1. The Kier molecular flexibility index (Phi) is 6.28. The van der Waals surface area contributed by atoms with Gasteiger partial charge in [0.15, 0.2) is 0 Å². The van der Waals surface area contributed by atoms with Crippen LogP contribution in [0.3, 0.4) is 0 Å². The number of hydrogen-bond acceptors (Lipinski definition) is 4. The Morgan fingerprint density at radius 1 is 1.24 bits per heavy atom. The van der Waals surface area contributed by atoms with E-state index in [1.165, 1.54) is 0 Å². The molecule has 1 aromatic carbocycles. The maximum Gasteiger partial charge on any atom is 0.410 e. The minimum absolute atomic E-state index is 0.145. The molecular formula is C19H28N2O4. The van der Waals surface area contributed by atoms with Gasteiger partial charge in [-0.25, -0.2) is 9.59 Å². The Morgan fingerprint density at radius 3 is 2.56 bits per heavy atom. The zero-order valence-electron chi connectivity index (χ0n) is 15.5. The van der Waals surface area contributed by atoms with Gasteiger partial charge >= 0.3 is 12.2 Å². The first kappa shape index (κ1) is 19.1. The monoisotopic (exact) mass is 348 g/mol. The molecule has 1 heterocycles. The van der Waals surface area contributed by atoms with Crippen molar-refractivity contribution in [3.63, 3.8) is 0 Å². The number of piperidine rings is 1. The molecule has 6 nitrogen and oxygen atoms in total. The van der Waals surface area contributed by atoms with E-state index in [2.05, 4.69) is 5.32 Å². The first-order valence-corrected chi connectivity index (χ1v) is 8.73. The Balaban J connectivity index is 1.88. The van der Waals surface area contributed by atoms with Gasteiger partial charge in [0, 0.05) is 6.54 Å². The summed E-state index contributed by atoms with van der Waals surface area (Å²) in [6, 6.07) is 9.28. The van der Waals surface area contributed by atoms with Crippen molar-refractivity contribution in [3.05, 3.63) is 35.9 Å². The summed E-state index contributed by atoms with van der Waals surface area (Å²) in [7, 11) is 0. The highest BCUT2D eigenvalue weighted by molar-refractivity contribution is 5.70. The van der Waals surface area contributed by atoms with Crippen LogP contribution in [0.1, 0.15) is 46.1 Å². The zero-order chi connectivity index (χ0) is 18.4. The van der Waals surface area contributed by atoms with Crippen LogP contribution < -0.4 is 5.32 Å². The number of hydrogen-bond donors (Lipinski definition) is 1. The average Bonchev–Trinajstić information content (AvgIpc) is 2.54. The van der Waals surface area contributed by atoms with Crippen molar-refractivity contribution < 1.29 is 19.1 Å². The molecule has 1 aromatic rings. The molecule has 1 aliphatic rings. The SMILES string of the molecule is C[C@@H]1[C@@H](NC(=O)OC(C)(C)C)CCCN1C(=O)OCc1ccccc1. The highest BCUT2D eigenvalue weighted by atomic mass is 16.6. The molecule has 0 bridgehead atoms. The molecule has 0 radical (unpaired) electrons. The fourth-order valence-electron chi connectivity index (χ4n) is 2.86.